The van der Waals surface area contributed by atoms with E-state index in [0.29, 0.717) is 12.2 Å². The first-order chi connectivity index (χ1) is 17.9. The number of fused-ring (bicyclic) bond motifs is 3. The van der Waals surface area contributed by atoms with Gasteiger partial charge >= 0.3 is 5.97 Å². The normalized spacial score (nSPS) is 15.4. The molecule has 1 aliphatic rings. The molecular weight excluding hydrogens is 484 g/mol. The van der Waals surface area contributed by atoms with Crippen LogP contribution in [0, 0.1) is 26.7 Å². The summed E-state index contributed by atoms with van der Waals surface area (Å²) in [7, 11) is 0. The van der Waals surface area contributed by atoms with Crippen molar-refractivity contribution in [3.8, 4) is 5.00 Å². The lowest BCUT2D eigenvalue weighted by Gasteiger charge is -2.19. The number of rotatable bonds is 8. The monoisotopic (exact) mass is 514 g/mol. The second kappa shape index (κ2) is 10.3. The predicted octanol–water partition coefficient (Wildman–Crippen LogP) is 5.31. The molecule has 1 aliphatic heterocycles. The lowest BCUT2D eigenvalue weighted by Crippen LogP contribution is -2.23. The van der Waals surface area contributed by atoms with Crippen LogP contribution >= 0.6 is 11.3 Å². The van der Waals surface area contributed by atoms with Crippen LogP contribution in [0.5, 0.6) is 0 Å². The third-order valence-corrected chi connectivity index (χ3v) is 8.11. The van der Waals surface area contributed by atoms with Gasteiger partial charge in [-0.15, -0.1) is 21.5 Å². The summed E-state index contributed by atoms with van der Waals surface area (Å²) in [6.07, 6.45) is 3.08. The van der Waals surface area contributed by atoms with Crippen LogP contribution in [0.25, 0.3) is 5.00 Å². The van der Waals surface area contributed by atoms with Crippen molar-refractivity contribution in [3.63, 3.8) is 0 Å². The minimum atomic E-state index is -0.881. The van der Waals surface area contributed by atoms with Crippen molar-refractivity contribution >= 4 is 28.7 Å². The molecule has 8 nitrogen and oxygen atoms in total. The van der Waals surface area contributed by atoms with Crippen molar-refractivity contribution in [2.75, 3.05) is 11.9 Å². The predicted molar refractivity (Wildman–Crippen MR) is 146 cm³/mol. The lowest BCUT2D eigenvalue weighted by atomic mass is 9.95. The third-order valence-electron chi connectivity index (χ3n) is 6.92. The molecule has 0 spiro atoms. The Hall–Kier alpha value is -3.85. The summed E-state index contributed by atoms with van der Waals surface area (Å²) >= 11 is 1.67. The number of carboxylic acids is 1. The van der Waals surface area contributed by atoms with E-state index in [4.69, 9.17) is 4.99 Å². The van der Waals surface area contributed by atoms with Crippen LogP contribution in [0.1, 0.15) is 58.3 Å². The first-order valence-corrected chi connectivity index (χ1v) is 13.3. The average molecular weight is 515 g/mol. The maximum Gasteiger partial charge on any atom is 0.309 e. The molecule has 4 aromatic rings. The Morgan fingerprint density at radius 1 is 1.14 bits per heavy atom. The van der Waals surface area contributed by atoms with Gasteiger partial charge in [0, 0.05) is 46.5 Å². The highest BCUT2D eigenvalue weighted by molar-refractivity contribution is 7.15. The van der Waals surface area contributed by atoms with E-state index in [9.17, 15) is 9.90 Å². The number of hydrogen-bond acceptors (Lipinski definition) is 7. The fourth-order valence-electron chi connectivity index (χ4n) is 4.78. The summed E-state index contributed by atoms with van der Waals surface area (Å²) in [6.45, 7) is 8.76. The molecule has 1 aromatic carbocycles. The first kappa shape index (κ1) is 24.8. The molecule has 0 bridgehead atoms. The number of anilines is 1. The van der Waals surface area contributed by atoms with Gasteiger partial charge in [-0.1, -0.05) is 25.1 Å². The third kappa shape index (κ3) is 4.67. The second-order valence-corrected chi connectivity index (χ2v) is 10.5. The fraction of sp³-hybridized carbons (Fsp3) is 0.321. The molecule has 9 heteroatoms. The van der Waals surface area contributed by atoms with Crippen molar-refractivity contribution in [1.82, 2.24) is 19.7 Å². The molecule has 1 unspecified atom stereocenters. The number of aliphatic imine (C=N–C) groups is 1. The minimum Gasteiger partial charge on any atom is -0.481 e. The van der Waals surface area contributed by atoms with E-state index in [-0.39, 0.29) is 0 Å². The summed E-state index contributed by atoms with van der Waals surface area (Å²) in [5.74, 6) is -0.280. The van der Waals surface area contributed by atoms with Gasteiger partial charge in [0.05, 0.1) is 11.6 Å². The SMILES string of the molecule is CCC(C(=O)O)[C@@H]1N=C(c2ccc(NCCc3ccccn3)cc2)c2c(sc(C)c2C)-n2c(C)nnc21. The summed E-state index contributed by atoms with van der Waals surface area (Å²) < 4.78 is 2.00. The Morgan fingerprint density at radius 2 is 1.92 bits per heavy atom. The smallest absolute Gasteiger partial charge is 0.309 e. The Kier molecular flexibility index (Phi) is 6.88. The number of pyridine rings is 1. The molecule has 4 heterocycles. The number of aliphatic carboxylic acids is 1. The molecule has 0 saturated heterocycles. The quantitative estimate of drug-likeness (QED) is 0.330. The van der Waals surface area contributed by atoms with Gasteiger partial charge < -0.3 is 10.4 Å². The summed E-state index contributed by atoms with van der Waals surface area (Å²) in [5.41, 5.74) is 5.96. The molecule has 37 heavy (non-hydrogen) atoms. The second-order valence-electron chi connectivity index (χ2n) is 9.25. The zero-order valence-corrected chi connectivity index (χ0v) is 22.2. The number of nitrogens with zero attached hydrogens (tertiary/aromatic N) is 5. The van der Waals surface area contributed by atoms with E-state index in [0.717, 1.165) is 57.6 Å². The van der Waals surface area contributed by atoms with Gasteiger partial charge in [-0.05, 0) is 57.0 Å². The molecule has 0 saturated carbocycles. The van der Waals surface area contributed by atoms with Crippen LogP contribution in [0.15, 0.2) is 53.7 Å². The Labute approximate surface area is 220 Å². The van der Waals surface area contributed by atoms with E-state index >= 15 is 0 Å². The first-order valence-electron chi connectivity index (χ1n) is 12.5. The molecule has 2 N–H and O–H groups in total. The van der Waals surface area contributed by atoms with E-state index in [1.807, 2.05) is 54.9 Å². The molecule has 0 amide bonds. The number of hydrogen-bond donors (Lipinski definition) is 2. The highest BCUT2D eigenvalue weighted by Crippen LogP contribution is 2.41. The number of benzene rings is 1. The number of carbonyl (C=O) groups is 1. The highest BCUT2D eigenvalue weighted by Gasteiger charge is 2.37. The van der Waals surface area contributed by atoms with Crippen molar-refractivity contribution in [1.29, 1.82) is 0 Å². The summed E-state index contributed by atoms with van der Waals surface area (Å²) in [4.78, 5) is 22.9. The van der Waals surface area contributed by atoms with E-state index in [2.05, 4.69) is 46.5 Å². The van der Waals surface area contributed by atoms with Crippen molar-refractivity contribution in [3.05, 3.63) is 87.6 Å². The zero-order valence-electron chi connectivity index (χ0n) is 21.4. The number of aryl methyl sites for hydroxylation is 2. The fourth-order valence-corrected chi connectivity index (χ4v) is 5.99. The molecule has 190 valence electrons. The largest absolute Gasteiger partial charge is 0.481 e. The van der Waals surface area contributed by atoms with Gasteiger partial charge in [0.25, 0.3) is 0 Å². The molecule has 0 fully saturated rings. The van der Waals surface area contributed by atoms with E-state index in [1.165, 1.54) is 4.88 Å². The maximum absolute atomic E-state index is 12.2. The zero-order chi connectivity index (χ0) is 26.1. The van der Waals surface area contributed by atoms with Crippen LogP contribution in [-0.4, -0.2) is 43.1 Å². The molecular formula is C28H30N6O2S. The molecule has 0 radical (unpaired) electrons. The Bertz CT molecular complexity index is 1460. The van der Waals surface area contributed by atoms with Crippen molar-refractivity contribution in [2.45, 2.75) is 46.6 Å². The maximum atomic E-state index is 12.2. The van der Waals surface area contributed by atoms with Gasteiger partial charge in [0.15, 0.2) is 5.82 Å². The van der Waals surface area contributed by atoms with Gasteiger partial charge in [0.1, 0.15) is 16.9 Å². The van der Waals surface area contributed by atoms with Crippen LogP contribution in [-0.2, 0) is 11.2 Å². The van der Waals surface area contributed by atoms with Crippen LogP contribution < -0.4 is 5.32 Å². The van der Waals surface area contributed by atoms with Crippen LogP contribution in [0.4, 0.5) is 5.69 Å². The molecule has 2 atom stereocenters. The minimum absolute atomic E-state index is 0.438. The van der Waals surface area contributed by atoms with Crippen molar-refractivity contribution < 1.29 is 9.90 Å². The summed E-state index contributed by atoms with van der Waals surface area (Å²) in [5, 5.41) is 23.2. The summed E-state index contributed by atoms with van der Waals surface area (Å²) in [6, 6.07) is 13.5. The topological polar surface area (TPSA) is 105 Å². The van der Waals surface area contributed by atoms with Crippen molar-refractivity contribution in [2.24, 2.45) is 10.9 Å². The number of carboxylic acid groups (broad SMARTS) is 1. The van der Waals surface area contributed by atoms with Gasteiger partial charge in [-0.3, -0.25) is 19.3 Å². The number of thiophene rings is 1. The van der Waals surface area contributed by atoms with Crippen LogP contribution in [0.3, 0.4) is 0 Å². The lowest BCUT2D eigenvalue weighted by molar-refractivity contribution is -0.142. The van der Waals surface area contributed by atoms with Gasteiger partial charge in [-0.25, -0.2) is 0 Å². The van der Waals surface area contributed by atoms with E-state index < -0.39 is 17.9 Å². The highest BCUT2D eigenvalue weighted by atomic mass is 32.1. The Morgan fingerprint density at radius 3 is 2.59 bits per heavy atom. The molecule has 5 rings (SSSR count). The standard InChI is InChI=1S/C28H30N6O2S/c1-5-22(28(35)36)25-26-33-32-18(4)34(26)27-23(16(2)17(3)37-27)24(31-25)19-9-11-21(12-10-19)30-15-13-20-8-6-7-14-29-20/h6-12,14,22,25,30H,5,13,15H2,1-4H3,(H,35,36)/t22?,25-/m0/s1. The Balaban J connectivity index is 1.53. The van der Waals surface area contributed by atoms with Gasteiger partial charge in [0.2, 0.25) is 0 Å². The van der Waals surface area contributed by atoms with Crippen LogP contribution in [0.2, 0.25) is 0 Å². The average Bonchev–Trinajstić information content (AvgIpc) is 3.36. The van der Waals surface area contributed by atoms with Gasteiger partial charge in [-0.2, -0.15) is 0 Å². The molecule has 3 aromatic heterocycles. The molecule has 0 aliphatic carbocycles. The van der Waals surface area contributed by atoms with E-state index in [1.54, 1.807) is 11.3 Å². The number of aromatic nitrogens is 4. The number of nitrogens with one attached hydrogen (secondary N) is 1.